The fourth-order valence-electron chi connectivity index (χ4n) is 1.81. The van der Waals surface area contributed by atoms with Crippen molar-refractivity contribution >= 4 is 22.9 Å². The van der Waals surface area contributed by atoms with Gasteiger partial charge in [-0.05, 0) is 36.1 Å². The minimum atomic E-state index is -0.428. The summed E-state index contributed by atoms with van der Waals surface area (Å²) in [6.45, 7) is 2.46. The molecule has 19 heavy (non-hydrogen) atoms. The maximum atomic E-state index is 13.5. The van der Waals surface area contributed by atoms with Crippen LogP contribution in [0.5, 0.6) is 0 Å². The van der Waals surface area contributed by atoms with Gasteiger partial charge in [-0.2, -0.15) is 0 Å². The van der Waals surface area contributed by atoms with Crippen molar-refractivity contribution in [2.75, 3.05) is 12.4 Å². The van der Waals surface area contributed by atoms with Gasteiger partial charge in [0, 0.05) is 11.9 Å². The van der Waals surface area contributed by atoms with Gasteiger partial charge in [0.25, 0.3) is 5.91 Å². The summed E-state index contributed by atoms with van der Waals surface area (Å²) < 4.78 is 13.5. The number of hydrogen-bond donors (Lipinski definition) is 2. The molecule has 1 aromatic carbocycles. The monoisotopic (exact) mass is 278 g/mol. The van der Waals surface area contributed by atoms with Crippen LogP contribution in [0.25, 0.3) is 0 Å². The molecule has 0 atom stereocenters. The maximum absolute atomic E-state index is 13.5. The third kappa shape index (κ3) is 2.93. The molecule has 3 nitrogen and oxygen atoms in total. The van der Waals surface area contributed by atoms with E-state index in [1.54, 1.807) is 24.5 Å². The number of anilines is 1. The lowest BCUT2D eigenvalue weighted by atomic mass is 10.1. The first-order valence-corrected chi connectivity index (χ1v) is 6.79. The number of aryl methyl sites for hydroxylation is 1. The van der Waals surface area contributed by atoms with Crippen LogP contribution >= 0.6 is 11.3 Å². The van der Waals surface area contributed by atoms with Crippen LogP contribution in [-0.4, -0.2) is 13.0 Å². The minimum absolute atomic E-state index is 0.225. The molecule has 0 aliphatic heterocycles. The second kappa shape index (κ2) is 5.84. The van der Waals surface area contributed by atoms with E-state index in [9.17, 15) is 9.18 Å². The van der Waals surface area contributed by atoms with Gasteiger partial charge in [-0.1, -0.05) is 6.07 Å². The molecule has 0 saturated heterocycles. The number of para-hydroxylation sites is 1. The Kier molecular flexibility index (Phi) is 4.16. The summed E-state index contributed by atoms with van der Waals surface area (Å²) in [6.07, 6.45) is 0. The Hall–Kier alpha value is -1.88. The highest BCUT2D eigenvalue weighted by Gasteiger charge is 2.14. The van der Waals surface area contributed by atoms with E-state index < -0.39 is 5.82 Å². The van der Waals surface area contributed by atoms with Gasteiger partial charge in [0.15, 0.2) is 0 Å². The van der Waals surface area contributed by atoms with Gasteiger partial charge >= 0.3 is 0 Å². The first kappa shape index (κ1) is 13.5. The van der Waals surface area contributed by atoms with E-state index in [1.807, 2.05) is 18.4 Å². The molecule has 1 amide bonds. The summed E-state index contributed by atoms with van der Waals surface area (Å²) in [6, 6.07) is 6.46. The summed E-state index contributed by atoms with van der Waals surface area (Å²) in [7, 11) is 1.60. The molecule has 2 rings (SSSR count). The Morgan fingerprint density at radius 1 is 1.37 bits per heavy atom. The Morgan fingerprint density at radius 2 is 2.16 bits per heavy atom. The summed E-state index contributed by atoms with van der Waals surface area (Å²) in [5, 5.41) is 7.51. The second-order valence-electron chi connectivity index (χ2n) is 4.12. The number of thiophene rings is 1. The Morgan fingerprint density at radius 3 is 2.79 bits per heavy atom. The zero-order valence-electron chi connectivity index (χ0n) is 10.8. The molecule has 0 unspecified atom stereocenters. The predicted octanol–water partition coefficient (Wildman–Crippen LogP) is 3.17. The summed E-state index contributed by atoms with van der Waals surface area (Å²) >= 11 is 1.60. The fraction of sp³-hybridized carbons (Fsp3) is 0.214. The van der Waals surface area contributed by atoms with E-state index in [4.69, 9.17) is 0 Å². The number of carbonyl (C=O) groups excluding carboxylic acids is 1. The molecule has 1 heterocycles. The van der Waals surface area contributed by atoms with Crippen molar-refractivity contribution < 1.29 is 9.18 Å². The van der Waals surface area contributed by atoms with Crippen molar-refractivity contribution in [1.82, 2.24) is 5.32 Å². The molecule has 2 N–H and O–H groups in total. The van der Waals surface area contributed by atoms with Gasteiger partial charge in [0.2, 0.25) is 0 Å². The summed E-state index contributed by atoms with van der Waals surface area (Å²) in [5.74, 6) is -0.709. The van der Waals surface area contributed by atoms with Gasteiger partial charge in [-0.25, -0.2) is 4.39 Å². The number of benzene rings is 1. The maximum Gasteiger partial charge on any atom is 0.253 e. The molecule has 0 bridgehead atoms. The highest BCUT2D eigenvalue weighted by molar-refractivity contribution is 7.10. The normalized spacial score (nSPS) is 10.3. The molecule has 0 aliphatic rings. The van der Waals surface area contributed by atoms with Crippen molar-refractivity contribution in [3.05, 3.63) is 51.5 Å². The quantitative estimate of drug-likeness (QED) is 0.902. The third-order valence-corrected chi connectivity index (χ3v) is 3.91. The number of halogens is 1. The first-order chi connectivity index (χ1) is 9.13. The standard InChI is InChI=1S/C14H15FN2OS/c1-9-6-7-19-12(9)8-17-14(18)10-4-3-5-11(15)13(10)16-2/h3-7,16H,8H2,1-2H3,(H,17,18). The third-order valence-electron chi connectivity index (χ3n) is 2.89. The van der Waals surface area contributed by atoms with E-state index in [2.05, 4.69) is 10.6 Å². The smallest absolute Gasteiger partial charge is 0.253 e. The van der Waals surface area contributed by atoms with Crippen LogP contribution < -0.4 is 10.6 Å². The lowest BCUT2D eigenvalue weighted by Crippen LogP contribution is -2.23. The molecule has 0 aliphatic carbocycles. The van der Waals surface area contributed by atoms with Crippen LogP contribution in [0.3, 0.4) is 0 Å². The van der Waals surface area contributed by atoms with Crippen LogP contribution in [0.1, 0.15) is 20.8 Å². The van der Waals surface area contributed by atoms with Crippen molar-refractivity contribution in [3.8, 4) is 0 Å². The zero-order valence-corrected chi connectivity index (χ0v) is 11.6. The average molecular weight is 278 g/mol. The van der Waals surface area contributed by atoms with Crippen molar-refractivity contribution in [1.29, 1.82) is 0 Å². The predicted molar refractivity (Wildman–Crippen MR) is 76.2 cm³/mol. The van der Waals surface area contributed by atoms with Crippen molar-refractivity contribution in [3.63, 3.8) is 0 Å². The molecule has 100 valence electrons. The molecule has 0 radical (unpaired) electrons. The number of rotatable bonds is 4. The Bertz CT molecular complexity index is 595. The molecule has 2 aromatic rings. The van der Waals surface area contributed by atoms with E-state index in [0.717, 1.165) is 10.4 Å². The van der Waals surface area contributed by atoms with Gasteiger partial charge in [-0.15, -0.1) is 11.3 Å². The summed E-state index contributed by atoms with van der Waals surface area (Å²) in [5.41, 5.74) is 1.69. The Labute approximate surface area is 115 Å². The first-order valence-electron chi connectivity index (χ1n) is 5.91. The molecule has 0 fully saturated rings. The number of nitrogens with one attached hydrogen (secondary N) is 2. The van der Waals surface area contributed by atoms with Gasteiger partial charge in [0.05, 0.1) is 17.8 Å². The van der Waals surface area contributed by atoms with E-state index in [1.165, 1.54) is 12.1 Å². The Balaban J connectivity index is 2.12. The minimum Gasteiger partial charge on any atom is -0.385 e. The largest absolute Gasteiger partial charge is 0.385 e. The second-order valence-corrected chi connectivity index (χ2v) is 5.12. The fourth-order valence-corrected chi connectivity index (χ4v) is 2.65. The molecule has 0 spiro atoms. The average Bonchev–Trinajstić information content (AvgIpc) is 2.81. The van der Waals surface area contributed by atoms with E-state index in [-0.39, 0.29) is 11.6 Å². The zero-order chi connectivity index (χ0) is 13.8. The highest BCUT2D eigenvalue weighted by Crippen LogP contribution is 2.20. The van der Waals surface area contributed by atoms with Crippen LogP contribution in [0.4, 0.5) is 10.1 Å². The van der Waals surface area contributed by atoms with Crippen molar-refractivity contribution in [2.24, 2.45) is 0 Å². The van der Waals surface area contributed by atoms with Crippen LogP contribution in [0, 0.1) is 12.7 Å². The molecular weight excluding hydrogens is 263 g/mol. The lowest BCUT2D eigenvalue weighted by Gasteiger charge is -2.10. The number of amides is 1. The molecular formula is C14H15FN2OS. The number of carbonyl (C=O) groups is 1. The van der Waals surface area contributed by atoms with Crippen LogP contribution in [0.2, 0.25) is 0 Å². The molecule has 0 saturated carbocycles. The van der Waals surface area contributed by atoms with Crippen LogP contribution in [-0.2, 0) is 6.54 Å². The summed E-state index contributed by atoms with van der Waals surface area (Å²) in [4.78, 5) is 13.2. The van der Waals surface area contributed by atoms with Crippen LogP contribution in [0.15, 0.2) is 29.6 Å². The number of hydrogen-bond acceptors (Lipinski definition) is 3. The molecule has 1 aromatic heterocycles. The SMILES string of the molecule is CNc1c(F)cccc1C(=O)NCc1sccc1C. The van der Waals surface area contributed by atoms with Crippen molar-refractivity contribution in [2.45, 2.75) is 13.5 Å². The topological polar surface area (TPSA) is 41.1 Å². The molecule has 5 heteroatoms. The van der Waals surface area contributed by atoms with Gasteiger partial charge in [-0.3, -0.25) is 4.79 Å². The van der Waals surface area contributed by atoms with Gasteiger partial charge < -0.3 is 10.6 Å². The highest BCUT2D eigenvalue weighted by atomic mass is 32.1. The van der Waals surface area contributed by atoms with E-state index >= 15 is 0 Å². The van der Waals surface area contributed by atoms with E-state index in [0.29, 0.717) is 12.1 Å². The van der Waals surface area contributed by atoms with Gasteiger partial charge in [0.1, 0.15) is 5.82 Å². The lowest BCUT2D eigenvalue weighted by molar-refractivity contribution is 0.0951.